The number of rotatable bonds is 3. The Hall–Kier alpha value is -2.22. The fourth-order valence-electron chi connectivity index (χ4n) is 3.86. The van der Waals surface area contributed by atoms with Gasteiger partial charge in [0.25, 0.3) is 17.8 Å². The number of piperidine rings is 1. The van der Waals surface area contributed by atoms with Crippen molar-refractivity contribution in [1.29, 1.82) is 0 Å². The first-order valence-corrected chi connectivity index (χ1v) is 8.90. The third-order valence-electron chi connectivity index (χ3n) is 5.48. The minimum Gasteiger partial charge on any atom is -0.389 e. The molecule has 0 bridgehead atoms. The molecule has 8 nitrogen and oxygen atoms in total. The highest BCUT2D eigenvalue weighted by Crippen LogP contribution is 2.30. The molecule has 1 aromatic rings. The number of carbonyl (C=O) groups excluding carboxylic acids is 2. The number of urea groups is 1. The van der Waals surface area contributed by atoms with E-state index in [-0.39, 0.29) is 11.9 Å². The van der Waals surface area contributed by atoms with Crippen LogP contribution in [-0.2, 0) is 4.79 Å². The van der Waals surface area contributed by atoms with Crippen molar-refractivity contribution in [3.63, 3.8) is 0 Å². The van der Waals surface area contributed by atoms with Crippen LogP contribution in [-0.4, -0.2) is 65.7 Å². The van der Waals surface area contributed by atoms with Crippen LogP contribution in [0.3, 0.4) is 0 Å². The number of oxazole rings is 1. The number of aromatic nitrogens is 1. The Labute approximate surface area is 146 Å². The van der Waals surface area contributed by atoms with E-state index in [4.69, 9.17) is 4.42 Å². The maximum absolute atomic E-state index is 13.1. The predicted molar refractivity (Wildman–Crippen MR) is 89.7 cm³/mol. The van der Waals surface area contributed by atoms with E-state index in [9.17, 15) is 9.59 Å². The molecule has 1 atom stereocenters. The number of fused-ring (bicyclic) bond motifs is 3. The molecule has 134 valence electrons. The third kappa shape index (κ3) is 2.47. The summed E-state index contributed by atoms with van der Waals surface area (Å²) in [6, 6.07) is -0.519. The molecule has 1 unspecified atom stereocenters. The maximum atomic E-state index is 13.1. The smallest absolute Gasteiger partial charge is 0.389 e. The molecule has 3 amide bonds. The van der Waals surface area contributed by atoms with Crippen molar-refractivity contribution >= 4 is 23.8 Å². The Morgan fingerprint density at radius 2 is 1.88 bits per heavy atom. The van der Waals surface area contributed by atoms with Crippen LogP contribution in [0.5, 0.6) is 0 Å². The second kappa shape index (κ2) is 5.94. The number of imide groups is 1. The van der Waals surface area contributed by atoms with Crippen LogP contribution in [0.4, 0.5) is 10.8 Å². The Bertz CT molecular complexity index is 763. The second-order valence-corrected chi connectivity index (χ2v) is 7.00. The number of hydrogen-bond acceptors (Lipinski definition) is 5. The molecular weight excluding hydrogens is 322 g/mol. The number of amidine groups is 1. The summed E-state index contributed by atoms with van der Waals surface area (Å²) < 4.78 is 7.42. The minimum atomic E-state index is -0.600. The lowest BCUT2D eigenvalue weighted by Crippen LogP contribution is -2.64. The van der Waals surface area contributed by atoms with Gasteiger partial charge in [-0.25, -0.2) is 4.79 Å². The van der Waals surface area contributed by atoms with E-state index in [0.717, 1.165) is 31.1 Å². The highest BCUT2D eigenvalue weighted by Gasteiger charge is 2.55. The number of aryl methyl sites for hydroxylation is 1. The highest BCUT2D eigenvalue weighted by molar-refractivity contribution is 6.18. The number of nitrogens with zero attached hydrogens (tertiary/aromatic N) is 5. The van der Waals surface area contributed by atoms with Crippen molar-refractivity contribution in [2.45, 2.75) is 39.2 Å². The zero-order chi connectivity index (χ0) is 17.7. The van der Waals surface area contributed by atoms with Gasteiger partial charge in [0.05, 0.1) is 0 Å². The number of likely N-dealkylation sites (tertiary alicyclic amines) is 1. The van der Waals surface area contributed by atoms with Crippen molar-refractivity contribution in [1.82, 2.24) is 14.7 Å². The second-order valence-electron chi connectivity index (χ2n) is 7.00. The summed E-state index contributed by atoms with van der Waals surface area (Å²) in [5.74, 6) is 0.975. The fourth-order valence-corrected chi connectivity index (χ4v) is 3.86. The number of carbonyl (C=O) groups is 2. The van der Waals surface area contributed by atoms with Crippen LogP contribution in [0, 0.1) is 13.8 Å². The molecule has 0 aliphatic carbocycles. The predicted octanol–water partition coefficient (Wildman–Crippen LogP) is 1.15. The molecule has 2 fully saturated rings. The van der Waals surface area contributed by atoms with E-state index < -0.39 is 6.04 Å². The minimum absolute atomic E-state index is 0.216. The molecule has 0 N–H and O–H groups in total. The lowest BCUT2D eigenvalue weighted by Gasteiger charge is -2.34. The molecule has 4 rings (SSSR count). The van der Waals surface area contributed by atoms with E-state index in [1.165, 1.54) is 29.1 Å². The average Bonchev–Trinajstić information content (AvgIpc) is 3.11. The summed E-state index contributed by atoms with van der Waals surface area (Å²) in [5, 5.41) is 0. The van der Waals surface area contributed by atoms with E-state index in [2.05, 4.69) is 9.89 Å². The lowest BCUT2D eigenvalue weighted by atomic mass is 10.1. The topological polar surface area (TPSA) is 73.2 Å². The van der Waals surface area contributed by atoms with Gasteiger partial charge in [0.2, 0.25) is 0 Å². The van der Waals surface area contributed by atoms with Crippen molar-refractivity contribution in [2.75, 3.05) is 33.2 Å². The number of amides is 3. The summed E-state index contributed by atoms with van der Waals surface area (Å²) in [4.78, 5) is 35.3. The quantitative estimate of drug-likeness (QED) is 0.770. The van der Waals surface area contributed by atoms with Crippen LogP contribution in [0.25, 0.3) is 0 Å². The average molecular weight is 346 g/mol. The highest BCUT2D eigenvalue weighted by atomic mass is 16.4. The van der Waals surface area contributed by atoms with Crippen LogP contribution >= 0.6 is 0 Å². The number of aliphatic imine (C=N–C) groups is 1. The van der Waals surface area contributed by atoms with Gasteiger partial charge in [0.1, 0.15) is 5.69 Å². The monoisotopic (exact) mass is 346 g/mol. The largest absolute Gasteiger partial charge is 0.507 e. The Balaban J connectivity index is 1.58. The zero-order valence-electron chi connectivity index (χ0n) is 15.0. The van der Waals surface area contributed by atoms with Gasteiger partial charge < -0.3 is 9.32 Å². The van der Waals surface area contributed by atoms with Gasteiger partial charge in [-0.1, -0.05) is 6.42 Å². The van der Waals surface area contributed by atoms with Gasteiger partial charge >= 0.3 is 12.0 Å². The molecule has 0 radical (unpaired) electrons. The summed E-state index contributed by atoms with van der Waals surface area (Å²) in [6.07, 6.45) is 3.64. The van der Waals surface area contributed by atoms with Crippen molar-refractivity contribution < 1.29 is 18.6 Å². The number of hydrogen-bond donors (Lipinski definition) is 0. The fraction of sp³-hybridized carbons (Fsp3) is 0.647. The van der Waals surface area contributed by atoms with Gasteiger partial charge in [-0.2, -0.15) is 4.57 Å². The standard InChI is InChI=1S/C17H24N5O3/c1-11-12(2)25-16-18-14-13(22(11)16)15(23)21(17(24)19(14)3)10-9-20-7-5-4-6-8-20/h13H,4-10H2,1-3H3/q+1. The summed E-state index contributed by atoms with van der Waals surface area (Å²) in [7, 11) is 1.67. The van der Waals surface area contributed by atoms with Crippen LogP contribution < -0.4 is 4.57 Å². The van der Waals surface area contributed by atoms with E-state index in [0.29, 0.717) is 18.4 Å². The van der Waals surface area contributed by atoms with Gasteiger partial charge in [-0.15, -0.1) is 0 Å². The third-order valence-corrected chi connectivity index (χ3v) is 5.48. The maximum Gasteiger partial charge on any atom is 0.507 e. The zero-order valence-corrected chi connectivity index (χ0v) is 15.0. The van der Waals surface area contributed by atoms with Gasteiger partial charge in [0.15, 0.2) is 5.76 Å². The molecule has 1 aromatic heterocycles. The first kappa shape index (κ1) is 16.3. The van der Waals surface area contributed by atoms with Gasteiger partial charge in [-0.3, -0.25) is 14.6 Å². The SMILES string of the molecule is Cc1oc2[n+](c1C)C1C(=O)N(CCN3CCCCC3)C(=O)N(C)C1=N2. The van der Waals surface area contributed by atoms with E-state index in [1.54, 1.807) is 11.6 Å². The molecule has 0 spiro atoms. The molecular formula is C17H24N5O3+. The molecule has 25 heavy (non-hydrogen) atoms. The summed E-state index contributed by atoms with van der Waals surface area (Å²) >= 11 is 0. The first-order valence-electron chi connectivity index (χ1n) is 8.90. The Kier molecular flexibility index (Phi) is 3.87. The van der Waals surface area contributed by atoms with Gasteiger partial charge in [0, 0.05) is 32.1 Å². The summed E-state index contributed by atoms with van der Waals surface area (Å²) in [5.41, 5.74) is 0.867. The van der Waals surface area contributed by atoms with Crippen LogP contribution in [0.15, 0.2) is 9.41 Å². The molecule has 3 aliphatic heterocycles. The van der Waals surface area contributed by atoms with Crippen molar-refractivity contribution in [3.8, 4) is 0 Å². The Morgan fingerprint density at radius 3 is 2.60 bits per heavy atom. The van der Waals surface area contributed by atoms with Crippen LogP contribution in [0.2, 0.25) is 0 Å². The molecule has 3 aliphatic rings. The molecule has 0 saturated carbocycles. The van der Waals surface area contributed by atoms with Gasteiger partial charge in [-0.05, 0) is 32.9 Å². The molecule has 8 heteroatoms. The van der Waals surface area contributed by atoms with Crippen molar-refractivity contribution in [2.24, 2.45) is 4.99 Å². The van der Waals surface area contributed by atoms with E-state index in [1.807, 2.05) is 13.8 Å². The number of likely N-dealkylation sites (N-methyl/N-ethyl adjacent to an activating group) is 1. The molecule has 0 aromatic carbocycles. The normalized spacial score (nSPS) is 23.8. The summed E-state index contributed by atoms with van der Waals surface area (Å²) in [6.45, 7) is 6.99. The Morgan fingerprint density at radius 1 is 1.16 bits per heavy atom. The van der Waals surface area contributed by atoms with Crippen LogP contribution in [0.1, 0.15) is 36.8 Å². The van der Waals surface area contributed by atoms with Crippen molar-refractivity contribution in [3.05, 3.63) is 11.5 Å². The van der Waals surface area contributed by atoms with E-state index >= 15 is 0 Å². The first-order chi connectivity index (χ1) is 12.0. The molecule has 4 heterocycles. The lowest BCUT2D eigenvalue weighted by molar-refractivity contribution is -0.685. The molecule has 2 saturated heterocycles.